The van der Waals surface area contributed by atoms with Gasteiger partial charge >= 0.3 is 0 Å². The molecule has 0 N–H and O–H groups in total. The molecule has 0 aliphatic rings. The van der Waals surface area contributed by atoms with E-state index in [1.165, 1.54) is 16.3 Å². The number of pyridine rings is 1. The number of fused-ring (bicyclic) bond motifs is 5. The number of aromatic nitrogens is 1. The predicted octanol–water partition coefficient (Wildman–Crippen LogP) is 4.66. The molecule has 0 saturated heterocycles. The van der Waals surface area contributed by atoms with Crippen LogP contribution < -0.4 is 4.40 Å². The van der Waals surface area contributed by atoms with Crippen molar-refractivity contribution in [3.8, 4) is 0 Å². The molecule has 0 fully saturated rings. The Morgan fingerprint density at radius 3 is 2.73 bits per heavy atom. The van der Waals surface area contributed by atoms with Crippen molar-refractivity contribution in [3.05, 3.63) is 63.2 Å². The number of thiazole rings is 1. The van der Waals surface area contributed by atoms with E-state index in [1.807, 2.05) is 19.1 Å². The van der Waals surface area contributed by atoms with Crippen molar-refractivity contribution in [2.45, 2.75) is 6.92 Å². The van der Waals surface area contributed by atoms with Crippen molar-refractivity contribution in [2.75, 3.05) is 0 Å². The van der Waals surface area contributed by atoms with Crippen molar-refractivity contribution in [1.29, 1.82) is 0 Å². The molecule has 4 aromatic rings. The third-order valence-corrected chi connectivity index (χ3v) is 5.13. The molecular formula is C16H10ClN2O2S+. The summed E-state index contributed by atoms with van der Waals surface area (Å²) in [6, 6.07) is 13.4. The maximum atomic E-state index is 11.1. The molecule has 4 nitrogen and oxygen atoms in total. The van der Waals surface area contributed by atoms with Crippen LogP contribution in [0.5, 0.6) is 0 Å². The highest BCUT2D eigenvalue weighted by Gasteiger charge is 2.22. The van der Waals surface area contributed by atoms with E-state index < -0.39 is 4.92 Å². The lowest BCUT2D eigenvalue weighted by Gasteiger charge is -1.98. The zero-order valence-corrected chi connectivity index (χ0v) is 13.1. The smallest absolute Gasteiger partial charge is 0.258 e. The molecular weight excluding hydrogens is 320 g/mol. The molecule has 0 aliphatic heterocycles. The second-order valence-corrected chi connectivity index (χ2v) is 6.67. The van der Waals surface area contributed by atoms with Crippen LogP contribution in [0.2, 0.25) is 5.02 Å². The van der Waals surface area contributed by atoms with Crippen molar-refractivity contribution in [3.63, 3.8) is 0 Å². The highest BCUT2D eigenvalue weighted by Crippen LogP contribution is 2.31. The van der Waals surface area contributed by atoms with E-state index in [4.69, 9.17) is 11.6 Å². The predicted molar refractivity (Wildman–Crippen MR) is 88.9 cm³/mol. The largest absolute Gasteiger partial charge is 0.288 e. The second-order valence-electron chi connectivity index (χ2n) is 5.20. The van der Waals surface area contributed by atoms with Crippen molar-refractivity contribution < 1.29 is 9.32 Å². The lowest BCUT2D eigenvalue weighted by Crippen LogP contribution is -2.20. The van der Waals surface area contributed by atoms with Gasteiger partial charge in [-0.3, -0.25) is 10.1 Å². The van der Waals surface area contributed by atoms with E-state index in [0.717, 1.165) is 21.3 Å². The zero-order chi connectivity index (χ0) is 15.4. The van der Waals surface area contributed by atoms with Crippen LogP contribution >= 0.6 is 22.9 Å². The van der Waals surface area contributed by atoms with Gasteiger partial charge in [0.15, 0.2) is 0 Å². The first-order chi connectivity index (χ1) is 10.5. The summed E-state index contributed by atoms with van der Waals surface area (Å²) < 4.78 is 3.28. The average molecular weight is 330 g/mol. The summed E-state index contributed by atoms with van der Waals surface area (Å²) in [4.78, 5) is 11.7. The first-order valence-corrected chi connectivity index (χ1v) is 7.85. The first-order valence-electron chi connectivity index (χ1n) is 6.66. The fraction of sp³-hybridized carbons (Fsp3) is 0.0625. The van der Waals surface area contributed by atoms with E-state index in [2.05, 4.69) is 22.6 Å². The number of halogens is 1. The molecule has 0 radical (unpaired) electrons. The zero-order valence-electron chi connectivity index (χ0n) is 11.5. The van der Waals surface area contributed by atoms with Gasteiger partial charge in [0.05, 0.1) is 10.3 Å². The molecule has 2 aromatic heterocycles. The van der Waals surface area contributed by atoms with Gasteiger partial charge in [0, 0.05) is 24.3 Å². The minimum atomic E-state index is -0.452. The molecule has 0 amide bonds. The summed E-state index contributed by atoms with van der Waals surface area (Å²) in [6.45, 7) is 2.05. The molecule has 2 aromatic carbocycles. The molecule has 2 heterocycles. The Balaban J connectivity index is 2.22. The minimum Gasteiger partial charge on any atom is -0.258 e. The summed E-state index contributed by atoms with van der Waals surface area (Å²) in [7, 11) is 0. The van der Waals surface area contributed by atoms with E-state index in [-0.39, 0.29) is 10.7 Å². The molecule has 0 spiro atoms. The van der Waals surface area contributed by atoms with Crippen molar-refractivity contribution in [1.82, 2.24) is 0 Å². The normalized spacial score (nSPS) is 11.5. The molecule has 22 heavy (non-hydrogen) atoms. The van der Waals surface area contributed by atoms with Gasteiger partial charge in [-0.15, -0.1) is 4.40 Å². The number of hydrogen-bond acceptors (Lipinski definition) is 3. The Hall–Kier alpha value is -2.24. The molecule has 6 heteroatoms. The molecule has 0 unspecified atom stereocenters. The third kappa shape index (κ3) is 1.86. The fourth-order valence-electron chi connectivity index (χ4n) is 2.72. The summed E-state index contributed by atoms with van der Waals surface area (Å²) in [5, 5.41) is 12.0. The lowest BCUT2D eigenvalue weighted by molar-refractivity contribution is -0.446. The number of aryl methyl sites for hydroxylation is 1. The number of rotatable bonds is 1. The average Bonchev–Trinajstić information content (AvgIpc) is 2.84. The third-order valence-electron chi connectivity index (χ3n) is 3.73. The van der Waals surface area contributed by atoms with E-state index >= 15 is 0 Å². The van der Waals surface area contributed by atoms with Gasteiger partial charge in [-0.2, -0.15) is 0 Å². The van der Waals surface area contributed by atoms with E-state index in [0.29, 0.717) is 0 Å². The van der Waals surface area contributed by atoms with Crippen LogP contribution in [0, 0.1) is 17.0 Å². The fourth-order valence-corrected chi connectivity index (χ4v) is 3.99. The van der Waals surface area contributed by atoms with Crippen LogP contribution in [0.1, 0.15) is 5.56 Å². The lowest BCUT2D eigenvalue weighted by atomic mass is 10.2. The van der Waals surface area contributed by atoms with Crippen LogP contribution in [-0.4, -0.2) is 4.92 Å². The molecule has 0 bridgehead atoms. The quantitative estimate of drug-likeness (QED) is 0.289. The molecule has 0 saturated carbocycles. The number of nitrogens with zero attached hydrogens (tertiary/aromatic N) is 2. The summed E-state index contributed by atoms with van der Waals surface area (Å²) in [5.41, 5.74) is 3.08. The Labute approximate surface area is 134 Å². The van der Waals surface area contributed by atoms with Gasteiger partial charge < -0.3 is 0 Å². The Morgan fingerprint density at radius 2 is 1.95 bits per heavy atom. The van der Waals surface area contributed by atoms with Gasteiger partial charge in [0.2, 0.25) is 11.0 Å². The maximum Gasteiger partial charge on any atom is 0.288 e. The topological polar surface area (TPSA) is 47.2 Å². The van der Waals surface area contributed by atoms with Crippen LogP contribution in [0.3, 0.4) is 0 Å². The van der Waals surface area contributed by atoms with Crippen molar-refractivity contribution in [2.24, 2.45) is 0 Å². The van der Waals surface area contributed by atoms with Gasteiger partial charge in [-0.05, 0) is 24.6 Å². The number of nitro groups is 1. The molecule has 108 valence electrons. The van der Waals surface area contributed by atoms with Gasteiger partial charge in [0.1, 0.15) is 9.72 Å². The molecule has 0 aliphatic carbocycles. The minimum absolute atomic E-state index is 0.0650. The Morgan fingerprint density at radius 1 is 1.14 bits per heavy atom. The van der Waals surface area contributed by atoms with Gasteiger partial charge in [0.25, 0.3) is 10.5 Å². The first kappa shape index (κ1) is 13.4. The molecule has 4 rings (SSSR count). The van der Waals surface area contributed by atoms with E-state index in [9.17, 15) is 10.1 Å². The summed E-state index contributed by atoms with van der Waals surface area (Å²) in [5.74, 6) is 0. The Bertz CT molecular complexity index is 1090. The summed E-state index contributed by atoms with van der Waals surface area (Å²) in [6.07, 6.45) is 0. The van der Waals surface area contributed by atoms with E-state index in [1.54, 1.807) is 17.4 Å². The second kappa shape index (κ2) is 4.63. The molecule has 0 atom stereocenters. The Kier molecular flexibility index (Phi) is 2.82. The van der Waals surface area contributed by atoms with Crippen molar-refractivity contribution >= 4 is 54.6 Å². The number of nitro benzene ring substituents is 1. The maximum absolute atomic E-state index is 11.1. The van der Waals surface area contributed by atoms with Gasteiger partial charge in [-0.25, -0.2) is 0 Å². The number of benzene rings is 2. The van der Waals surface area contributed by atoms with Crippen LogP contribution in [-0.2, 0) is 0 Å². The standard InChI is InChI=1S/C16H10ClN2O2S/c1-9-2-4-15-14(6-9)18-12-8-11(17)13(19(20)21)7-10(12)3-5-16(18)22-15/h2-8H,1H3/q+1. The monoisotopic (exact) mass is 329 g/mol. The SMILES string of the molecule is Cc1ccc2sc3ccc4cc([N+](=O)[O-])c(Cl)cc4[n+]3c2c1. The number of hydrogen-bond donors (Lipinski definition) is 0. The van der Waals surface area contributed by atoms with Gasteiger partial charge in [-0.1, -0.05) is 29.0 Å². The van der Waals surface area contributed by atoms with Crippen LogP contribution in [0.15, 0.2) is 42.5 Å². The summed E-state index contributed by atoms with van der Waals surface area (Å²) >= 11 is 7.78. The van der Waals surface area contributed by atoms with Crippen LogP contribution in [0.4, 0.5) is 5.69 Å². The highest BCUT2D eigenvalue weighted by atomic mass is 35.5. The highest BCUT2D eigenvalue weighted by molar-refractivity contribution is 7.23. The van der Waals surface area contributed by atoms with Crippen LogP contribution in [0.25, 0.3) is 25.9 Å².